The number of hydrogen-bond acceptors (Lipinski definition) is 7. The minimum absolute atomic E-state index is 0.0157. The predicted molar refractivity (Wildman–Crippen MR) is 76.1 cm³/mol. The van der Waals surface area contributed by atoms with Crippen LogP contribution in [0.15, 0.2) is 6.33 Å². The van der Waals surface area contributed by atoms with Gasteiger partial charge >= 0.3 is 5.69 Å². The van der Waals surface area contributed by atoms with Gasteiger partial charge in [-0.05, 0) is 33.5 Å². The van der Waals surface area contributed by atoms with Crippen molar-refractivity contribution in [2.24, 2.45) is 0 Å². The molecule has 20 heavy (non-hydrogen) atoms. The van der Waals surface area contributed by atoms with Crippen LogP contribution in [-0.4, -0.2) is 53.6 Å². The highest BCUT2D eigenvalue weighted by molar-refractivity contribution is 5.61. The van der Waals surface area contributed by atoms with E-state index in [0.29, 0.717) is 13.2 Å². The molecule has 0 atom stereocenters. The fraction of sp³-hybridized carbons (Fsp3) is 0.667. The van der Waals surface area contributed by atoms with E-state index in [9.17, 15) is 10.1 Å². The second kappa shape index (κ2) is 8.26. The molecule has 0 aromatic carbocycles. The molecule has 0 unspecified atom stereocenters. The molecular formula is C12H21N5O3. The van der Waals surface area contributed by atoms with Gasteiger partial charge in [-0.25, -0.2) is 4.98 Å². The highest BCUT2D eigenvalue weighted by atomic mass is 16.6. The molecular weight excluding hydrogens is 262 g/mol. The van der Waals surface area contributed by atoms with E-state index in [1.807, 2.05) is 25.9 Å². The van der Waals surface area contributed by atoms with Crippen molar-refractivity contribution in [2.45, 2.75) is 19.8 Å². The molecule has 8 heteroatoms. The van der Waals surface area contributed by atoms with Gasteiger partial charge in [-0.15, -0.1) is 0 Å². The first-order chi connectivity index (χ1) is 9.56. The number of nitrogens with zero attached hydrogens (tertiary/aromatic N) is 4. The lowest BCUT2D eigenvalue weighted by molar-refractivity contribution is -0.385. The largest absolute Gasteiger partial charge is 0.473 e. The summed E-state index contributed by atoms with van der Waals surface area (Å²) in [6.07, 6.45) is 2.89. The Kier molecular flexibility index (Phi) is 6.65. The van der Waals surface area contributed by atoms with Crippen LogP contribution in [0.1, 0.15) is 19.8 Å². The Bertz CT molecular complexity index is 439. The molecule has 0 aliphatic carbocycles. The van der Waals surface area contributed by atoms with Crippen molar-refractivity contribution in [3.05, 3.63) is 16.4 Å². The second-order valence-corrected chi connectivity index (χ2v) is 4.57. The lowest BCUT2D eigenvalue weighted by Gasteiger charge is -2.11. The summed E-state index contributed by atoms with van der Waals surface area (Å²) in [5, 5.41) is 14.1. The van der Waals surface area contributed by atoms with Gasteiger partial charge in [0.1, 0.15) is 6.33 Å². The smallest absolute Gasteiger partial charge is 0.372 e. The van der Waals surface area contributed by atoms with Crippen molar-refractivity contribution >= 4 is 11.5 Å². The summed E-state index contributed by atoms with van der Waals surface area (Å²) in [6.45, 7) is 3.81. The van der Waals surface area contributed by atoms with E-state index in [4.69, 9.17) is 4.74 Å². The van der Waals surface area contributed by atoms with Crippen LogP contribution in [0.25, 0.3) is 0 Å². The lowest BCUT2D eigenvalue weighted by Crippen LogP contribution is -2.17. The van der Waals surface area contributed by atoms with E-state index in [2.05, 4.69) is 15.3 Å². The van der Waals surface area contributed by atoms with Crippen molar-refractivity contribution in [3.8, 4) is 5.88 Å². The van der Waals surface area contributed by atoms with Crippen molar-refractivity contribution in [1.82, 2.24) is 14.9 Å². The second-order valence-electron chi connectivity index (χ2n) is 4.57. The summed E-state index contributed by atoms with van der Waals surface area (Å²) in [6, 6.07) is 0. The summed E-state index contributed by atoms with van der Waals surface area (Å²) in [5.74, 6) is 0.219. The van der Waals surface area contributed by atoms with Crippen molar-refractivity contribution < 1.29 is 9.66 Å². The molecule has 0 aliphatic heterocycles. The quantitative estimate of drug-likeness (QED) is 0.417. The first-order valence-corrected chi connectivity index (χ1v) is 6.57. The van der Waals surface area contributed by atoms with E-state index in [1.165, 1.54) is 6.33 Å². The third kappa shape index (κ3) is 4.96. The van der Waals surface area contributed by atoms with Gasteiger partial charge in [0.2, 0.25) is 5.82 Å². The zero-order valence-electron chi connectivity index (χ0n) is 12.1. The Morgan fingerprint density at radius 2 is 2.20 bits per heavy atom. The molecule has 0 saturated heterocycles. The average molecular weight is 283 g/mol. The van der Waals surface area contributed by atoms with Crippen molar-refractivity contribution in [3.63, 3.8) is 0 Å². The average Bonchev–Trinajstić information content (AvgIpc) is 2.40. The molecule has 0 radical (unpaired) electrons. The Labute approximate surface area is 118 Å². The molecule has 112 valence electrons. The first-order valence-electron chi connectivity index (χ1n) is 6.57. The Balaban J connectivity index is 2.76. The molecule has 1 N–H and O–H groups in total. The maximum absolute atomic E-state index is 11.1. The standard InChI is InChI=1S/C12H21N5O3/c1-4-8-20-12-10(17(18)19)11(14-9-15-12)13-6-5-7-16(2)3/h9H,4-8H2,1-3H3,(H,13,14,15). The SMILES string of the molecule is CCCOc1ncnc(NCCCN(C)C)c1[N+](=O)[O-]. The van der Waals surface area contributed by atoms with Crippen LogP contribution in [0.2, 0.25) is 0 Å². The molecule has 0 saturated carbocycles. The summed E-state index contributed by atoms with van der Waals surface area (Å²) in [7, 11) is 3.95. The van der Waals surface area contributed by atoms with Gasteiger partial charge in [-0.3, -0.25) is 10.1 Å². The maximum Gasteiger partial charge on any atom is 0.372 e. The summed E-state index contributed by atoms with van der Waals surface area (Å²) in [5.41, 5.74) is -0.203. The molecule has 0 fully saturated rings. The highest BCUT2D eigenvalue weighted by Gasteiger charge is 2.23. The fourth-order valence-corrected chi connectivity index (χ4v) is 1.56. The molecule has 0 spiro atoms. The fourth-order valence-electron chi connectivity index (χ4n) is 1.56. The number of rotatable bonds is 9. The van der Waals surface area contributed by atoms with Gasteiger partial charge < -0.3 is 15.0 Å². The van der Waals surface area contributed by atoms with E-state index in [1.54, 1.807) is 0 Å². The van der Waals surface area contributed by atoms with Crippen LogP contribution in [-0.2, 0) is 0 Å². The van der Waals surface area contributed by atoms with Crippen LogP contribution < -0.4 is 10.1 Å². The van der Waals surface area contributed by atoms with Gasteiger partial charge in [0.05, 0.1) is 11.5 Å². The van der Waals surface area contributed by atoms with E-state index >= 15 is 0 Å². The molecule has 8 nitrogen and oxygen atoms in total. The third-order valence-corrected chi connectivity index (χ3v) is 2.49. The van der Waals surface area contributed by atoms with Crippen LogP contribution in [0.5, 0.6) is 5.88 Å². The Hall–Kier alpha value is -1.96. The molecule has 1 rings (SSSR count). The van der Waals surface area contributed by atoms with Gasteiger partial charge in [0.15, 0.2) is 0 Å². The lowest BCUT2D eigenvalue weighted by atomic mass is 10.4. The van der Waals surface area contributed by atoms with Gasteiger partial charge in [-0.1, -0.05) is 6.92 Å². The van der Waals surface area contributed by atoms with Crippen LogP contribution in [0.3, 0.4) is 0 Å². The summed E-state index contributed by atoms with van der Waals surface area (Å²) in [4.78, 5) is 20.4. The van der Waals surface area contributed by atoms with Gasteiger partial charge in [0.25, 0.3) is 5.88 Å². The highest BCUT2D eigenvalue weighted by Crippen LogP contribution is 2.30. The molecule has 0 aliphatic rings. The number of ether oxygens (including phenoxy) is 1. The topological polar surface area (TPSA) is 93.4 Å². The van der Waals surface area contributed by atoms with E-state index in [0.717, 1.165) is 19.4 Å². The summed E-state index contributed by atoms with van der Waals surface area (Å²) >= 11 is 0. The molecule has 1 heterocycles. The minimum Gasteiger partial charge on any atom is -0.473 e. The number of nitro groups is 1. The zero-order chi connectivity index (χ0) is 15.0. The van der Waals surface area contributed by atoms with E-state index in [-0.39, 0.29) is 17.4 Å². The van der Waals surface area contributed by atoms with E-state index < -0.39 is 4.92 Å². The Morgan fingerprint density at radius 1 is 1.45 bits per heavy atom. The zero-order valence-corrected chi connectivity index (χ0v) is 12.1. The number of anilines is 1. The van der Waals surface area contributed by atoms with Crippen LogP contribution >= 0.6 is 0 Å². The van der Waals surface area contributed by atoms with Gasteiger partial charge in [0, 0.05) is 6.54 Å². The van der Waals surface area contributed by atoms with Gasteiger partial charge in [-0.2, -0.15) is 4.98 Å². The minimum atomic E-state index is -0.515. The maximum atomic E-state index is 11.1. The predicted octanol–water partition coefficient (Wildman–Crippen LogP) is 1.54. The molecule has 0 bridgehead atoms. The first kappa shape index (κ1) is 16.1. The van der Waals surface area contributed by atoms with Crippen LogP contribution in [0.4, 0.5) is 11.5 Å². The number of hydrogen-bond donors (Lipinski definition) is 1. The van der Waals surface area contributed by atoms with Crippen molar-refractivity contribution in [2.75, 3.05) is 39.1 Å². The molecule has 1 aromatic heterocycles. The third-order valence-electron chi connectivity index (χ3n) is 2.49. The number of aromatic nitrogens is 2. The molecule has 0 amide bonds. The summed E-state index contributed by atoms with van der Waals surface area (Å²) < 4.78 is 5.29. The normalized spacial score (nSPS) is 10.6. The van der Waals surface area contributed by atoms with Crippen molar-refractivity contribution in [1.29, 1.82) is 0 Å². The monoisotopic (exact) mass is 283 g/mol. The molecule has 1 aromatic rings. The Morgan fingerprint density at radius 3 is 2.80 bits per heavy atom. The van der Waals surface area contributed by atoms with Crippen LogP contribution in [0, 0.1) is 10.1 Å². The number of nitrogens with one attached hydrogen (secondary N) is 1.